The zero-order chi connectivity index (χ0) is 30.8. The number of esters is 1. The minimum Gasteiger partial charge on any atom is -0.460 e. The molecule has 0 aliphatic heterocycles. The Bertz CT molecular complexity index is 831. The Labute approximate surface area is 253 Å². The molecule has 42 heavy (non-hydrogen) atoms. The number of hydrogen-bond acceptors (Lipinski definition) is 7. The van der Waals surface area contributed by atoms with E-state index in [1.807, 2.05) is 44.2 Å². The van der Waals surface area contributed by atoms with Crippen LogP contribution in [0.4, 0.5) is 4.79 Å². The first-order valence-electron chi connectivity index (χ1n) is 16.1. The van der Waals surface area contributed by atoms with Gasteiger partial charge in [-0.25, -0.2) is 4.79 Å². The van der Waals surface area contributed by atoms with Gasteiger partial charge < -0.3 is 29.6 Å². The first-order chi connectivity index (χ1) is 20.4. The Morgan fingerprint density at radius 1 is 0.786 bits per heavy atom. The molecular weight excluding hydrogens is 536 g/mol. The van der Waals surface area contributed by atoms with E-state index in [0.29, 0.717) is 19.6 Å². The molecule has 1 unspecified atom stereocenters. The van der Waals surface area contributed by atoms with Crippen molar-refractivity contribution in [1.29, 1.82) is 0 Å². The minimum absolute atomic E-state index is 0.0540. The van der Waals surface area contributed by atoms with E-state index in [4.69, 9.17) is 18.9 Å². The fourth-order valence-corrected chi connectivity index (χ4v) is 4.57. The van der Waals surface area contributed by atoms with E-state index in [0.717, 1.165) is 24.8 Å². The lowest BCUT2D eigenvalue weighted by Gasteiger charge is -2.25. The molecule has 0 aliphatic rings. The molecule has 0 aliphatic carbocycles. The quantitative estimate of drug-likeness (QED) is 0.0728. The van der Waals surface area contributed by atoms with Crippen molar-refractivity contribution in [3.8, 4) is 0 Å². The van der Waals surface area contributed by atoms with Crippen LogP contribution < -0.4 is 10.6 Å². The molecule has 2 atom stereocenters. The maximum absolute atomic E-state index is 13.1. The highest BCUT2D eigenvalue weighted by atomic mass is 16.7. The van der Waals surface area contributed by atoms with Crippen molar-refractivity contribution in [3.63, 3.8) is 0 Å². The summed E-state index contributed by atoms with van der Waals surface area (Å²) in [7, 11) is 0. The highest BCUT2D eigenvalue weighted by molar-refractivity contribution is 5.86. The zero-order valence-electron chi connectivity index (χ0n) is 26.5. The van der Waals surface area contributed by atoms with Crippen LogP contribution in [0.5, 0.6) is 0 Å². The molecule has 0 fully saturated rings. The van der Waals surface area contributed by atoms with Gasteiger partial charge in [0.25, 0.3) is 0 Å². The second-order valence-corrected chi connectivity index (χ2v) is 10.6. The Morgan fingerprint density at radius 3 is 1.93 bits per heavy atom. The number of unbranched alkanes of at least 4 members (excludes halogenated alkanes) is 10. The summed E-state index contributed by atoms with van der Waals surface area (Å²) in [6.45, 7) is 8.88. The van der Waals surface area contributed by atoms with Crippen LogP contribution >= 0.6 is 0 Å². The number of alkyl carbamates (subject to hydrolysis) is 1. The van der Waals surface area contributed by atoms with E-state index in [9.17, 15) is 14.4 Å². The van der Waals surface area contributed by atoms with Crippen LogP contribution in [-0.4, -0.2) is 56.2 Å². The van der Waals surface area contributed by atoms with Crippen LogP contribution in [0.1, 0.15) is 117 Å². The van der Waals surface area contributed by atoms with Crippen LogP contribution in [0.2, 0.25) is 0 Å². The lowest BCUT2D eigenvalue weighted by Crippen LogP contribution is -2.54. The van der Waals surface area contributed by atoms with E-state index in [2.05, 4.69) is 17.6 Å². The molecule has 0 saturated carbocycles. The molecule has 1 rings (SSSR count). The van der Waals surface area contributed by atoms with Gasteiger partial charge in [0.15, 0.2) is 6.29 Å². The Hall–Kier alpha value is -2.65. The predicted molar refractivity (Wildman–Crippen MR) is 165 cm³/mol. The van der Waals surface area contributed by atoms with Gasteiger partial charge in [-0.3, -0.25) is 9.59 Å². The lowest BCUT2D eigenvalue weighted by molar-refractivity contribution is -0.151. The van der Waals surface area contributed by atoms with Gasteiger partial charge in [0, 0.05) is 32.6 Å². The predicted octanol–water partition coefficient (Wildman–Crippen LogP) is 6.82. The number of benzene rings is 1. The van der Waals surface area contributed by atoms with Gasteiger partial charge in [0.05, 0.1) is 0 Å². The monoisotopic (exact) mass is 592 g/mol. The molecule has 1 aromatic rings. The van der Waals surface area contributed by atoms with Crippen LogP contribution in [0.25, 0.3) is 0 Å². The van der Waals surface area contributed by atoms with Gasteiger partial charge in [-0.05, 0) is 32.8 Å². The van der Waals surface area contributed by atoms with Crippen molar-refractivity contribution < 1.29 is 33.3 Å². The Balaban J connectivity index is 2.52. The van der Waals surface area contributed by atoms with Crippen LogP contribution in [0.3, 0.4) is 0 Å². The fraction of sp³-hybridized carbons (Fsp3) is 0.727. The molecule has 9 heteroatoms. The first-order valence-corrected chi connectivity index (χ1v) is 16.1. The van der Waals surface area contributed by atoms with Gasteiger partial charge in [0.2, 0.25) is 5.91 Å². The van der Waals surface area contributed by atoms with Gasteiger partial charge in [-0.2, -0.15) is 0 Å². The third-order valence-electron chi connectivity index (χ3n) is 6.92. The van der Waals surface area contributed by atoms with Crippen molar-refractivity contribution in [3.05, 3.63) is 35.9 Å². The fourth-order valence-electron chi connectivity index (χ4n) is 4.57. The van der Waals surface area contributed by atoms with Gasteiger partial charge in [-0.15, -0.1) is 0 Å². The largest absolute Gasteiger partial charge is 0.460 e. The Kier molecular flexibility index (Phi) is 22.2. The molecule has 2 amide bonds. The third kappa shape index (κ3) is 18.7. The summed E-state index contributed by atoms with van der Waals surface area (Å²) in [5.74, 6) is -0.864. The molecule has 9 nitrogen and oxygen atoms in total. The number of amides is 2. The summed E-state index contributed by atoms with van der Waals surface area (Å²) >= 11 is 0. The van der Waals surface area contributed by atoms with E-state index in [1.54, 1.807) is 6.92 Å². The van der Waals surface area contributed by atoms with Crippen LogP contribution in [0, 0.1) is 0 Å². The molecule has 2 N–H and O–H groups in total. The van der Waals surface area contributed by atoms with Crippen LogP contribution in [0.15, 0.2) is 30.3 Å². The van der Waals surface area contributed by atoms with Crippen molar-refractivity contribution in [2.24, 2.45) is 0 Å². The van der Waals surface area contributed by atoms with Crippen molar-refractivity contribution in [1.82, 2.24) is 10.6 Å². The maximum Gasteiger partial charge on any atom is 0.408 e. The first kappa shape index (κ1) is 37.4. The summed E-state index contributed by atoms with van der Waals surface area (Å²) < 4.78 is 21.9. The molecule has 0 bridgehead atoms. The third-order valence-corrected chi connectivity index (χ3v) is 6.92. The highest BCUT2D eigenvalue weighted by Crippen LogP contribution is 2.13. The van der Waals surface area contributed by atoms with E-state index in [-0.39, 0.29) is 25.5 Å². The molecule has 0 saturated heterocycles. The number of ether oxygens (including phenoxy) is 4. The van der Waals surface area contributed by atoms with Gasteiger partial charge in [0.1, 0.15) is 18.8 Å². The smallest absolute Gasteiger partial charge is 0.408 e. The molecular formula is C33H56N2O7. The van der Waals surface area contributed by atoms with Crippen molar-refractivity contribution in [2.45, 2.75) is 136 Å². The molecule has 0 radical (unpaired) electrons. The topological polar surface area (TPSA) is 112 Å². The minimum atomic E-state index is -1.12. The number of carbonyl (C=O) groups is 3. The summed E-state index contributed by atoms with van der Waals surface area (Å²) in [6, 6.07) is 8.13. The summed E-state index contributed by atoms with van der Waals surface area (Å²) in [5, 5.41) is 5.37. The second-order valence-electron chi connectivity index (χ2n) is 10.6. The highest BCUT2D eigenvalue weighted by Gasteiger charge is 2.30. The maximum atomic E-state index is 13.1. The second kappa shape index (κ2) is 24.9. The zero-order valence-corrected chi connectivity index (χ0v) is 26.5. The SMILES string of the molecule is CCCCCCCCCCCCCC(=O)OC(C)[C@H](NC(=O)OCc1ccccc1)C(=O)NCCC(OCC)OCC. The average Bonchev–Trinajstić information content (AvgIpc) is 2.98. The van der Waals surface area contributed by atoms with Gasteiger partial charge >= 0.3 is 12.1 Å². The number of nitrogens with one attached hydrogen (secondary N) is 2. The number of rotatable bonds is 25. The van der Waals surface area contributed by atoms with Gasteiger partial charge in [-0.1, -0.05) is 101 Å². The molecule has 1 aromatic carbocycles. The summed E-state index contributed by atoms with van der Waals surface area (Å²) in [6.07, 6.45) is 11.7. The standard InChI is InChI=1S/C33H56N2O7/c1-5-8-9-10-11-12-13-14-15-16-20-23-29(36)42-27(4)31(32(37)34-25-24-30(39-6-2)40-7-3)35-33(38)41-26-28-21-18-17-19-22-28/h17-19,21-22,27,30-31H,5-16,20,23-26H2,1-4H3,(H,34,37)(H,35,38)/t27?,31-/m0/s1. The molecule has 0 heterocycles. The molecule has 240 valence electrons. The summed E-state index contributed by atoms with van der Waals surface area (Å²) in [5.41, 5.74) is 0.818. The molecule has 0 spiro atoms. The number of hydrogen-bond donors (Lipinski definition) is 2. The van der Waals surface area contributed by atoms with E-state index in [1.165, 1.54) is 51.4 Å². The summed E-state index contributed by atoms with van der Waals surface area (Å²) in [4.78, 5) is 38.2. The van der Waals surface area contributed by atoms with Crippen molar-refractivity contribution in [2.75, 3.05) is 19.8 Å². The lowest BCUT2D eigenvalue weighted by atomic mass is 10.1. The Morgan fingerprint density at radius 2 is 1.36 bits per heavy atom. The van der Waals surface area contributed by atoms with Crippen molar-refractivity contribution >= 4 is 18.0 Å². The normalized spacial score (nSPS) is 12.5. The van der Waals surface area contributed by atoms with E-state index < -0.39 is 30.4 Å². The molecule has 0 aromatic heterocycles. The average molecular weight is 593 g/mol. The van der Waals surface area contributed by atoms with Crippen LogP contribution in [-0.2, 0) is 35.1 Å². The van der Waals surface area contributed by atoms with E-state index >= 15 is 0 Å². The number of carbonyl (C=O) groups excluding carboxylic acids is 3.